The number of anilines is 1. The highest BCUT2D eigenvalue weighted by Crippen LogP contribution is 2.64. The normalized spacial score (nSPS) is 30.2. The monoisotopic (exact) mass is 476 g/mol. The predicted octanol–water partition coefficient (Wildman–Crippen LogP) is 5.84. The molecule has 5 aliphatic rings. The second-order valence-electron chi connectivity index (χ2n) is 11.5. The van der Waals surface area contributed by atoms with E-state index >= 15 is 8.78 Å². The summed E-state index contributed by atoms with van der Waals surface area (Å²) in [7, 11) is 0. The lowest BCUT2D eigenvalue weighted by molar-refractivity contribution is -0.174. The lowest BCUT2D eigenvalue weighted by Crippen LogP contribution is -2.71. The van der Waals surface area contributed by atoms with Gasteiger partial charge in [-0.25, -0.2) is 8.78 Å². The van der Waals surface area contributed by atoms with Gasteiger partial charge in [-0.1, -0.05) is 18.2 Å². The molecule has 4 nitrogen and oxygen atoms in total. The molecule has 184 valence electrons. The molecule has 3 aliphatic carbocycles. The summed E-state index contributed by atoms with van der Waals surface area (Å²) >= 11 is 0. The van der Waals surface area contributed by atoms with Gasteiger partial charge in [0.25, 0.3) is 0 Å². The number of nitrogens with one attached hydrogen (secondary N) is 2. The van der Waals surface area contributed by atoms with Crippen LogP contribution in [0.25, 0.3) is 10.9 Å². The molecule has 4 fully saturated rings. The predicted molar refractivity (Wildman–Crippen MR) is 136 cm³/mol. The summed E-state index contributed by atoms with van der Waals surface area (Å²) in [4.78, 5) is 8.46. The van der Waals surface area contributed by atoms with Crippen molar-refractivity contribution in [3.8, 4) is 0 Å². The smallest absolute Gasteiger partial charge is 0.133 e. The molecule has 3 saturated carbocycles. The number of H-pyrrole nitrogens is 1. The molecule has 6 heteroatoms. The average Bonchev–Trinajstić information content (AvgIpc) is 3.41. The standard InChI is InChI=1S/C29H34F2N4/c1-18-12-22-21-6-2-3-7-25(21)33-27(22)28(35(18)29-15-19(16-29)17-29)26-23(30)13-20(14-24(26)31)32-8-11-34-9-4-5-10-34/h2-3,6-7,13-14,18-19,28,32-33H,4-5,8-12,15-17H2,1H3/t18-,19?,28-,29?/m1/s1. The third kappa shape index (κ3) is 3.36. The fourth-order valence-corrected chi connectivity index (χ4v) is 7.55. The molecule has 1 saturated heterocycles. The van der Waals surface area contributed by atoms with Crippen LogP contribution in [0.4, 0.5) is 14.5 Å². The first-order chi connectivity index (χ1) is 17.0. The van der Waals surface area contributed by atoms with Gasteiger partial charge in [-0.15, -0.1) is 0 Å². The van der Waals surface area contributed by atoms with E-state index in [1.165, 1.54) is 35.9 Å². The molecule has 0 amide bonds. The molecule has 2 N–H and O–H groups in total. The second kappa shape index (κ2) is 8.04. The van der Waals surface area contributed by atoms with Crippen LogP contribution in [0.2, 0.25) is 0 Å². The molecule has 2 aromatic carbocycles. The van der Waals surface area contributed by atoms with Crippen molar-refractivity contribution in [1.82, 2.24) is 14.8 Å². The van der Waals surface area contributed by atoms with Gasteiger partial charge in [0.15, 0.2) is 0 Å². The number of likely N-dealkylation sites (tertiary alicyclic amines) is 1. The van der Waals surface area contributed by atoms with Crippen molar-refractivity contribution in [3.63, 3.8) is 0 Å². The molecule has 3 aromatic rings. The maximum atomic E-state index is 15.9. The minimum atomic E-state index is -0.450. The van der Waals surface area contributed by atoms with Gasteiger partial charge >= 0.3 is 0 Å². The van der Waals surface area contributed by atoms with Crippen LogP contribution in [0.15, 0.2) is 36.4 Å². The Morgan fingerprint density at radius 2 is 1.77 bits per heavy atom. The summed E-state index contributed by atoms with van der Waals surface area (Å²) in [6.07, 6.45) is 6.86. The van der Waals surface area contributed by atoms with Crippen LogP contribution in [-0.4, -0.2) is 52.5 Å². The molecule has 35 heavy (non-hydrogen) atoms. The van der Waals surface area contributed by atoms with Crippen LogP contribution in [0.5, 0.6) is 0 Å². The number of aromatic nitrogens is 1. The molecule has 2 aliphatic heterocycles. The zero-order chi connectivity index (χ0) is 23.7. The summed E-state index contributed by atoms with van der Waals surface area (Å²) in [5.74, 6) is -0.105. The Hall–Kier alpha value is -2.44. The lowest BCUT2D eigenvalue weighted by atomic mass is 9.48. The first-order valence-corrected chi connectivity index (χ1v) is 13.4. The SMILES string of the molecule is C[C@@H]1Cc2c([nH]c3ccccc23)[C@@H](c2c(F)cc(NCCN3CCCC3)cc2F)N1C12CC(C1)C2. The van der Waals surface area contributed by atoms with E-state index in [2.05, 4.69) is 39.2 Å². The third-order valence-electron chi connectivity index (χ3n) is 9.23. The Balaban J connectivity index is 1.27. The van der Waals surface area contributed by atoms with Crippen LogP contribution in [0, 0.1) is 17.6 Å². The Morgan fingerprint density at radius 3 is 2.46 bits per heavy atom. The number of hydrogen-bond acceptors (Lipinski definition) is 3. The van der Waals surface area contributed by atoms with Gasteiger partial charge in [0.1, 0.15) is 11.6 Å². The molecule has 2 bridgehead atoms. The van der Waals surface area contributed by atoms with Gasteiger partial charge in [0.05, 0.1) is 6.04 Å². The van der Waals surface area contributed by atoms with Crippen LogP contribution in [0.3, 0.4) is 0 Å². The average molecular weight is 477 g/mol. The van der Waals surface area contributed by atoms with Gasteiger partial charge in [0.2, 0.25) is 0 Å². The largest absolute Gasteiger partial charge is 0.384 e. The zero-order valence-electron chi connectivity index (χ0n) is 20.4. The minimum Gasteiger partial charge on any atom is -0.384 e. The molecule has 3 heterocycles. The van der Waals surface area contributed by atoms with Gasteiger partial charge in [-0.2, -0.15) is 0 Å². The van der Waals surface area contributed by atoms with Gasteiger partial charge in [-0.05, 0) is 88.2 Å². The molecule has 0 radical (unpaired) electrons. The topological polar surface area (TPSA) is 34.3 Å². The highest BCUT2D eigenvalue weighted by molar-refractivity contribution is 5.85. The van der Waals surface area contributed by atoms with Crippen molar-refractivity contribution in [1.29, 1.82) is 0 Å². The van der Waals surface area contributed by atoms with Gasteiger partial charge < -0.3 is 15.2 Å². The Labute approximate surface area is 205 Å². The molecular weight excluding hydrogens is 442 g/mol. The van der Waals surface area contributed by atoms with E-state index in [0.717, 1.165) is 62.4 Å². The highest BCUT2D eigenvalue weighted by Gasteiger charge is 2.63. The van der Waals surface area contributed by atoms with Crippen molar-refractivity contribution in [2.45, 2.75) is 63.1 Å². The van der Waals surface area contributed by atoms with Crippen molar-refractivity contribution >= 4 is 16.6 Å². The van der Waals surface area contributed by atoms with Crippen molar-refractivity contribution in [3.05, 3.63) is 64.9 Å². The second-order valence-corrected chi connectivity index (χ2v) is 11.5. The van der Waals surface area contributed by atoms with Crippen molar-refractivity contribution in [2.24, 2.45) is 5.92 Å². The number of fused-ring (bicyclic) bond motifs is 3. The van der Waals surface area contributed by atoms with E-state index in [-0.39, 0.29) is 17.1 Å². The zero-order valence-corrected chi connectivity index (χ0v) is 20.4. The van der Waals surface area contributed by atoms with Crippen molar-refractivity contribution < 1.29 is 8.78 Å². The van der Waals surface area contributed by atoms with E-state index in [0.29, 0.717) is 12.2 Å². The number of halogens is 2. The summed E-state index contributed by atoms with van der Waals surface area (Å²) in [6, 6.07) is 11.1. The number of rotatable bonds is 6. The highest BCUT2D eigenvalue weighted by atomic mass is 19.1. The molecule has 2 atom stereocenters. The lowest BCUT2D eigenvalue weighted by Gasteiger charge is -2.70. The van der Waals surface area contributed by atoms with E-state index in [9.17, 15) is 0 Å². The van der Waals surface area contributed by atoms with Crippen LogP contribution >= 0.6 is 0 Å². The van der Waals surface area contributed by atoms with Crippen LogP contribution in [0.1, 0.15) is 61.9 Å². The minimum absolute atomic E-state index is 0.0925. The Bertz CT molecular complexity index is 1240. The molecule has 8 rings (SSSR count). The van der Waals surface area contributed by atoms with Gasteiger partial charge in [-0.3, -0.25) is 4.90 Å². The summed E-state index contributed by atoms with van der Waals surface area (Å²) in [5, 5.41) is 4.44. The summed E-state index contributed by atoms with van der Waals surface area (Å²) in [6.45, 7) is 6.08. The van der Waals surface area contributed by atoms with Crippen LogP contribution < -0.4 is 5.32 Å². The molecule has 0 unspecified atom stereocenters. The molecular formula is C29H34F2N4. The fraction of sp³-hybridized carbons (Fsp3) is 0.517. The third-order valence-corrected chi connectivity index (χ3v) is 9.23. The Morgan fingerprint density at radius 1 is 1.06 bits per heavy atom. The van der Waals surface area contributed by atoms with Crippen molar-refractivity contribution in [2.75, 3.05) is 31.5 Å². The maximum Gasteiger partial charge on any atom is 0.133 e. The van der Waals surface area contributed by atoms with E-state index in [1.807, 2.05) is 12.1 Å². The quantitative estimate of drug-likeness (QED) is 0.469. The number of nitrogens with zero attached hydrogens (tertiary/aromatic N) is 2. The number of para-hydroxylation sites is 1. The Kier molecular flexibility index (Phi) is 5.01. The van der Waals surface area contributed by atoms with E-state index in [4.69, 9.17) is 0 Å². The number of hydrogen-bond donors (Lipinski definition) is 2. The van der Waals surface area contributed by atoms with E-state index < -0.39 is 17.7 Å². The first kappa shape index (κ1) is 21.8. The number of benzene rings is 2. The molecule has 0 spiro atoms. The number of aromatic amines is 1. The molecule has 1 aromatic heterocycles. The van der Waals surface area contributed by atoms with Gasteiger partial charge in [0, 0.05) is 52.5 Å². The first-order valence-electron chi connectivity index (χ1n) is 13.4. The van der Waals surface area contributed by atoms with E-state index in [1.54, 1.807) is 0 Å². The summed E-state index contributed by atoms with van der Waals surface area (Å²) in [5.41, 5.74) is 4.05. The van der Waals surface area contributed by atoms with Crippen LogP contribution in [-0.2, 0) is 6.42 Å². The fourth-order valence-electron chi connectivity index (χ4n) is 7.55. The summed E-state index contributed by atoms with van der Waals surface area (Å²) < 4.78 is 31.7. The maximum absolute atomic E-state index is 15.9.